The summed E-state index contributed by atoms with van der Waals surface area (Å²) in [4.78, 5) is 5.61. The van der Waals surface area contributed by atoms with Crippen LogP contribution in [-0.2, 0) is 0 Å². The number of hydrogen-bond donors (Lipinski definition) is 4. The summed E-state index contributed by atoms with van der Waals surface area (Å²) in [6.07, 6.45) is 4.44. The van der Waals surface area contributed by atoms with E-state index < -0.39 is 0 Å². The molecule has 2 aliphatic heterocycles. The summed E-state index contributed by atoms with van der Waals surface area (Å²) < 4.78 is 0. The van der Waals surface area contributed by atoms with Gasteiger partial charge in [-0.05, 0) is 68.9 Å². The fourth-order valence-corrected chi connectivity index (χ4v) is 4.86. The molecule has 1 aromatic carbocycles. The Morgan fingerprint density at radius 3 is 2.81 bits per heavy atom. The van der Waals surface area contributed by atoms with Gasteiger partial charge in [0, 0.05) is 36.1 Å². The molecule has 5 heteroatoms. The Hall–Kier alpha value is -1.40. The molecule has 142 valence electrons. The molecule has 26 heavy (non-hydrogen) atoms. The summed E-state index contributed by atoms with van der Waals surface area (Å²) in [6, 6.07) is 6.30. The molecule has 4 rings (SSSR count). The number of likely N-dealkylation sites (tertiary alicyclic amines) is 1. The van der Waals surface area contributed by atoms with Gasteiger partial charge in [-0.2, -0.15) is 0 Å². The molecule has 2 aromatic rings. The van der Waals surface area contributed by atoms with Crippen molar-refractivity contribution in [3.05, 3.63) is 35.5 Å². The number of piperidine rings is 2. The summed E-state index contributed by atoms with van der Waals surface area (Å²) in [5.41, 5.74) is 3.65. The number of aryl methyl sites for hydroxylation is 1. The molecule has 0 spiro atoms. The molecule has 0 aliphatic carbocycles. The van der Waals surface area contributed by atoms with E-state index in [1.807, 2.05) is 0 Å². The number of nitrogens with one attached hydrogen (secondary N) is 2. The molecule has 3 heterocycles. The second kappa shape index (κ2) is 7.69. The predicted molar refractivity (Wildman–Crippen MR) is 104 cm³/mol. The summed E-state index contributed by atoms with van der Waals surface area (Å²) in [5, 5.41) is 26.0. The lowest BCUT2D eigenvalue weighted by Gasteiger charge is -2.38. The van der Waals surface area contributed by atoms with E-state index in [0.29, 0.717) is 19.0 Å². The first-order chi connectivity index (χ1) is 12.6. The number of H-pyrrole nitrogens is 1. The molecular formula is C21H31N3O2. The van der Waals surface area contributed by atoms with Crippen LogP contribution in [0.5, 0.6) is 0 Å². The van der Waals surface area contributed by atoms with Gasteiger partial charge < -0.3 is 20.5 Å². The van der Waals surface area contributed by atoms with Gasteiger partial charge in [0.15, 0.2) is 0 Å². The zero-order valence-electron chi connectivity index (χ0n) is 15.6. The van der Waals surface area contributed by atoms with Crippen molar-refractivity contribution in [3.8, 4) is 0 Å². The van der Waals surface area contributed by atoms with Gasteiger partial charge in [-0.1, -0.05) is 12.1 Å². The topological polar surface area (TPSA) is 71.5 Å². The van der Waals surface area contributed by atoms with Crippen molar-refractivity contribution in [1.29, 1.82) is 0 Å². The Labute approximate surface area is 155 Å². The van der Waals surface area contributed by atoms with Crippen molar-refractivity contribution in [2.24, 2.45) is 5.92 Å². The summed E-state index contributed by atoms with van der Waals surface area (Å²) in [7, 11) is 0. The second-order valence-electron chi connectivity index (χ2n) is 8.12. The van der Waals surface area contributed by atoms with Gasteiger partial charge >= 0.3 is 0 Å². The number of aliphatic hydroxyl groups is 2. The van der Waals surface area contributed by atoms with Gasteiger partial charge in [0.2, 0.25) is 0 Å². The molecule has 0 bridgehead atoms. The molecule has 3 unspecified atom stereocenters. The highest BCUT2D eigenvalue weighted by molar-refractivity contribution is 5.87. The van der Waals surface area contributed by atoms with Crippen molar-refractivity contribution in [2.75, 3.05) is 32.7 Å². The lowest BCUT2D eigenvalue weighted by molar-refractivity contribution is 0.00501. The largest absolute Gasteiger partial charge is 0.392 e. The quantitative estimate of drug-likeness (QED) is 0.675. The number of rotatable bonds is 4. The van der Waals surface area contributed by atoms with E-state index in [9.17, 15) is 10.2 Å². The average Bonchev–Trinajstić information content (AvgIpc) is 3.08. The normalized spacial score (nSPS) is 27.0. The van der Waals surface area contributed by atoms with Gasteiger partial charge in [-0.15, -0.1) is 0 Å². The summed E-state index contributed by atoms with van der Waals surface area (Å²) >= 11 is 0. The number of nitrogens with zero attached hydrogens (tertiary/aromatic N) is 1. The van der Waals surface area contributed by atoms with E-state index in [2.05, 4.69) is 46.5 Å². The van der Waals surface area contributed by atoms with Gasteiger partial charge in [0.05, 0.1) is 12.2 Å². The first-order valence-corrected chi connectivity index (χ1v) is 9.99. The first kappa shape index (κ1) is 18.0. The van der Waals surface area contributed by atoms with Crippen molar-refractivity contribution in [1.82, 2.24) is 15.2 Å². The number of aliphatic hydroxyl groups excluding tert-OH is 2. The van der Waals surface area contributed by atoms with E-state index in [1.54, 1.807) is 0 Å². The highest BCUT2D eigenvalue weighted by Gasteiger charge is 2.32. The van der Waals surface area contributed by atoms with Crippen LogP contribution >= 0.6 is 0 Å². The van der Waals surface area contributed by atoms with Crippen molar-refractivity contribution >= 4 is 10.9 Å². The molecule has 1 aromatic heterocycles. The van der Waals surface area contributed by atoms with Gasteiger partial charge in [-0.3, -0.25) is 4.90 Å². The minimum Gasteiger partial charge on any atom is -0.392 e. The van der Waals surface area contributed by atoms with Crippen LogP contribution in [0, 0.1) is 12.8 Å². The predicted octanol–water partition coefficient (Wildman–Crippen LogP) is 1.99. The maximum absolute atomic E-state index is 10.8. The average molecular weight is 357 g/mol. The lowest BCUT2D eigenvalue weighted by Crippen LogP contribution is -2.48. The summed E-state index contributed by atoms with van der Waals surface area (Å²) in [6.45, 7) is 6.41. The van der Waals surface area contributed by atoms with Crippen LogP contribution in [0.1, 0.15) is 36.3 Å². The van der Waals surface area contributed by atoms with E-state index in [0.717, 1.165) is 44.4 Å². The van der Waals surface area contributed by atoms with Crippen LogP contribution in [0.25, 0.3) is 10.9 Å². The first-order valence-electron chi connectivity index (χ1n) is 9.99. The van der Waals surface area contributed by atoms with E-state index in [-0.39, 0.29) is 18.1 Å². The molecule has 5 nitrogen and oxygen atoms in total. The number of fused-ring (bicyclic) bond motifs is 1. The fraction of sp³-hybridized carbons (Fsp3) is 0.619. The maximum Gasteiger partial charge on any atom is 0.0736 e. The van der Waals surface area contributed by atoms with Crippen LogP contribution in [0.2, 0.25) is 0 Å². The number of β-amino-alcohol motifs (C(OH)–C–C–N with tert-alkyl or cyclic N) is 2. The Bertz CT molecular complexity index is 738. The van der Waals surface area contributed by atoms with Crippen LogP contribution in [0.15, 0.2) is 24.4 Å². The van der Waals surface area contributed by atoms with Gasteiger partial charge in [0.25, 0.3) is 0 Å². The molecule has 0 radical (unpaired) electrons. The SMILES string of the molecule is Cc1cccc2[nH]cc(C3CCN(CC(O)C4CCNCC4)CC3O)c12. The van der Waals surface area contributed by atoms with Crippen LogP contribution in [-0.4, -0.2) is 65.0 Å². The van der Waals surface area contributed by atoms with Crippen molar-refractivity contribution in [2.45, 2.75) is 44.3 Å². The Morgan fingerprint density at radius 1 is 1.23 bits per heavy atom. The molecular weight excluding hydrogens is 326 g/mol. The lowest BCUT2D eigenvalue weighted by atomic mass is 9.85. The number of aromatic nitrogens is 1. The van der Waals surface area contributed by atoms with Gasteiger partial charge in [0.1, 0.15) is 0 Å². The van der Waals surface area contributed by atoms with Crippen LogP contribution < -0.4 is 5.32 Å². The number of aromatic amines is 1. The van der Waals surface area contributed by atoms with E-state index >= 15 is 0 Å². The Morgan fingerprint density at radius 2 is 2.04 bits per heavy atom. The number of benzene rings is 1. The van der Waals surface area contributed by atoms with Crippen LogP contribution in [0.3, 0.4) is 0 Å². The van der Waals surface area contributed by atoms with E-state index in [1.165, 1.54) is 16.5 Å². The molecule has 3 atom stereocenters. The third kappa shape index (κ3) is 3.54. The van der Waals surface area contributed by atoms with Crippen molar-refractivity contribution < 1.29 is 10.2 Å². The third-order valence-electron chi connectivity index (χ3n) is 6.38. The van der Waals surface area contributed by atoms with Crippen molar-refractivity contribution in [3.63, 3.8) is 0 Å². The molecule has 0 saturated carbocycles. The van der Waals surface area contributed by atoms with E-state index in [4.69, 9.17) is 0 Å². The highest BCUT2D eigenvalue weighted by Crippen LogP contribution is 2.35. The highest BCUT2D eigenvalue weighted by atomic mass is 16.3. The molecule has 2 aliphatic rings. The monoisotopic (exact) mass is 357 g/mol. The zero-order valence-corrected chi connectivity index (χ0v) is 15.6. The molecule has 4 N–H and O–H groups in total. The van der Waals surface area contributed by atoms with Crippen LogP contribution in [0.4, 0.5) is 0 Å². The Balaban J connectivity index is 1.41. The standard InChI is InChI=1S/C21H31N3O2/c1-14-3-2-4-18-21(14)17(11-23-18)16-7-10-24(13-20(16)26)12-19(25)15-5-8-22-9-6-15/h2-4,11,15-16,19-20,22-23,25-26H,5-10,12-13H2,1H3. The minimum absolute atomic E-state index is 0.164. The third-order valence-corrected chi connectivity index (χ3v) is 6.38. The minimum atomic E-state index is -0.387. The molecule has 0 amide bonds. The molecule has 2 saturated heterocycles. The second-order valence-corrected chi connectivity index (χ2v) is 8.12. The zero-order chi connectivity index (χ0) is 18.1. The fourth-order valence-electron chi connectivity index (χ4n) is 4.86. The smallest absolute Gasteiger partial charge is 0.0736 e. The Kier molecular flexibility index (Phi) is 5.32. The summed E-state index contributed by atoms with van der Waals surface area (Å²) in [5.74, 6) is 0.555. The molecule has 2 fully saturated rings. The number of hydrogen-bond acceptors (Lipinski definition) is 4. The van der Waals surface area contributed by atoms with Gasteiger partial charge in [-0.25, -0.2) is 0 Å². The maximum atomic E-state index is 10.8.